The van der Waals surface area contributed by atoms with Gasteiger partial charge in [-0.15, -0.1) is 0 Å². The Hall–Kier alpha value is -3.55. The number of hydrogen-bond acceptors (Lipinski definition) is 5. The highest BCUT2D eigenvalue weighted by molar-refractivity contribution is 5.92. The van der Waals surface area contributed by atoms with Crippen LogP contribution in [0.15, 0.2) is 48.5 Å². The topological polar surface area (TPSA) is 108 Å². The van der Waals surface area contributed by atoms with Crippen LogP contribution in [-0.2, 0) is 20.7 Å². The highest BCUT2D eigenvalue weighted by Crippen LogP contribution is 2.28. The Morgan fingerprint density at radius 3 is 2.21 bits per heavy atom. The second-order valence-electron chi connectivity index (χ2n) is 11.2. The smallest absolute Gasteiger partial charge is 0.408 e. The number of nitrogens with zero attached hydrogens (tertiary/aromatic N) is 1. The molecule has 2 rings (SSSR count). The van der Waals surface area contributed by atoms with E-state index in [1.165, 1.54) is 12.1 Å². The SMILES string of the molecule is CCCCCNC(=O)C(c1ccccc1C)N(C(=O)C(Cc1ccc(O)cc1)NC(=O)OC(C)(C)C)C(C)C. The number of phenolic OH excluding ortho intramolecular Hbond substituents is 1. The first-order valence-electron chi connectivity index (χ1n) is 13.8. The molecular weight excluding hydrogens is 494 g/mol. The van der Waals surface area contributed by atoms with Crippen LogP contribution in [0.5, 0.6) is 5.75 Å². The summed E-state index contributed by atoms with van der Waals surface area (Å²) in [4.78, 5) is 42.4. The zero-order valence-electron chi connectivity index (χ0n) is 24.4. The molecule has 8 heteroatoms. The Bertz CT molecular complexity index is 1090. The molecule has 2 aromatic rings. The molecule has 0 aliphatic rings. The molecule has 0 aliphatic carbocycles. The molecule has 0 heterocycles. The van der Waals surface area contributed by atoms with Gasteiger partial charge in [0.15, 0.2) is 0 Å². The molecule has 2 atom stereocenters. The van der Waals surface area contributed by atoms with Crippen LogP contribution in [0.1, 0.15) is 83.5 Å². The molecule has 214 valence electrons. The number of carbonyl (C=O) groups is 3. The lowest BCUT2D eigenvalue weighted by atomic mass is 9.96. The summed E-state index contributed by atoms with van der Waals surface area (Å²) in [5, 5.41) is 15.5. The van der Waals surface area contributed by atoms with Gasteiger partial charge in [-0.1, -0.05) is 56.2 Å². The number of rotatable bonds is 12. The van der Waals surface area contributed by atoms with Gasteiger partial charge in [0.1, 0.15) is 23.4 Å². The number of benzene rings is 2. The Kier molecular flexibility index (Phi) is 11.8. The molecule has 0 saturated carbocycles. The van der Waals surface area contributed by atoms with Gasteiger partial charge in [0, 0.05) is 19.0 Å². The lowest BCUT2D eigenvalue weighted by molar-refractivity contribution is -0.144. The molecule has 2 aromatic carbocycles. The first-order valence-corrected chi connectivity index (χ1v) is 13.8. The molecular formula is C31H45N3O5. The summed E-state index contributed by atoms with van der Waals surface area (Å²) in [5.41, 5.74) is 1.60. The van der Waals surface area contributed by atoms with Gasteiger partial charge in [-0.3, -0.25) is 9.59 Å². The van der Waals surface area contributed by atoms with E-state index in [1.807, 2.05) is 45.0 Å². The highest BCUT2D eigenvalue weighted by Gasteiger charge is 2.38. The molecule has 0 saturated heterocycles. The van der Waals surface area contributed by atoms with Crippen LogP contribution in [0.2, 0.25) is 0 Å². The van der Waals surface area contributed by atoms with Crippen LogP contribution in [-0.4, -0.2) is 52.1 Å². The van der Waals surface area contributed by atoms with E-state index < -0.39 is 29.7 Å². The number of amides is 3. The minimum atomic E-state index is -1.01. The average Bonchev–Trinajstić information content (AvgIpc) is 2.84. The molecule has 0 aromatic heterocycles. The van der Waals surface area contributed by atoms with Gasteiger partial charge in [-0.25, -0.2) is 4.79 Å². The largest absolute Gasteiger partial charge is 0.508 e. The molecule has 0 fully saturated rings. The molecule has 3 amide bonds. The van der Waals surface area contributed by atoms with Gasteiger partial charge in [0.05, 0.1) is 0 Å². The van der Waals surface area contributed by atoms with E-state index in [4.69, 9.17) is 4.74 Å². The minimum absolute atomic E-state index is 0.102. The van der Waals surface area contributed by atoms with E-state index in [-0.39, 0.29) is 24.1 Å². The number of unbranched alkanes of at least 4 members (excludes halogenated alkanes) is 2. The normalized spacial score (nSPS) is 12.9. The van der Waals surface area contributed by atoms with Crippen molar-refractivity contribution in [2.24, 2.45) is 0 Å². The zero-order valence-corrected chi connectivity index (χ0v) is 24.4. The van der Waals surface area contributed by atoms with E-state index in [2.05, 4.69) is 17.6 Å². The van der Waals surface area contributed by atoms with Gasteiger partial charge >= 0.3 is 6.09 Å². The van der Waals surface area contributed by atoms with Crippen molar-refractivity contribution in [3.8, 4) is 5.75 Å². The molecule has 2 unspecified atom stereocenters. The standard InChI is InChI=1S/C31H45N3O5/c1-8-9-12-19-32-28(36)27(25-14-11-10-13-22(25)4)34(21(2)3)29(37)26(33-30(38)39-31(5,6)7)20-23-15-17-24(35)18-16-23/h10-11,13-18,21,26-27,35H,8-9,12,19-20H2,1-7H3,(H,32,36)(H,33,38). The Balaban J connectivity index is 2.50. The Labute approximate surface area is 233 Å². The van der Waals surface area contributed by atoms with Crippen molar-refractivity contribution in [1.29, 1.82) is 0 Å². The predicted octanol–water partition coefficient (Wildman–Crippen LogP) is 5.42. The third kappa shape index (κ3) is 9.93. The molecule has 0 radical (unpaired) electrons. The quantitative estimate of drug-likeness (QED) is 0.312. The minimum Gasteiger partial charge on any atom is -0.508 e. The summed E-state index contributed by atoms with van der Waals surface area (Å²) < 4.78 is 5.46. The lowest BCUT2D eigenvalue weighted by Gasteiger charge is -2.37. The van der Waals surface area contributed by atoms with Crippen molar-refractivity contribution in [3.05, 3.63) is 65.2 Å². The number of nitrogens with one attached hydrogen (secondary N) is 2. The Morgan fingerprint density at radius 1 is 1.00 bits per heavy atom. The number of carbonyl (C=O) groups excluding carboxylic acids is 3. The summed E-state index contributed by atoms with van der Waals surface area (Å²) in [6.07, 6.45) is 2.31. The number of ether oxygens (including phenoxy) is 1. The van der Waals surface area contributed by atoms with E-state index in [0.717, 1.165) is 36.0 Å². The second kappa shape index (κ2) is 14.6. The molecule has 39 heavy (non-hydrogen) atoms. The molecule has 8 nitrogen and oxygen atoms in total. The lowest BCUT2D eigenvalue weighted by Crippen LogP contribution is -2.55. The van der Waals surface area contributed by atoms with E-state index in [1.54, 1.807) is 37.8 Å². The number of alkyl carbamates (subject to hydrolysis) is 1. The first kappa shape index (κ1) is 31.7. The molecule has 0 bridgehead atoms. The van der Waals surface area contributed by atoms with Crippen molar-refractivity contribution in [2.45, 2.75) is 97.9 Å². The van der Waals surface area contributed by atoms with Crippen LogP contribution in [0, 0.1) is 6.92 Å². The third-order valence-corrected chi connectivity index (χ3v) is 6.27. The monoisotopic (exact) mass is 539 g/mol. The van der Waals surface area contributed by atoms with Crippen LogP contribution < -0.4 is 10.6 Å². The zero-order chi connectivity index (χ0) is 29.2. The first-order chi connectivity index (χ1) is 18.3. The van der Waals surface area contributed by atoms with Crippen molar-refractivity contribution >= 4 is 17.9 Å². The molecule has 0 aliphatic heterocycles. The van der Waals surface area contributed by atoms with E-state index in [9.17, 15) is 19.5 Å². The van der Waals surface area contributed by atoms with Crippen LogP contribution in [0.25, 0.3) is 0 Å². The fraction of sp³-hybridized carbons (Fsp3) is 0.516. The summed E-state index contributed by atoms with van der Waals surface area (Å²) >= 11 is 0. The van der Waals surface area contributed by atoms with Gasteiger partial charge in [-0.2, -0.15) is 0 Å². The van der Waals surface area contributed by atoms with Crippen molar-refractivity contribution in [2.75, 3.05) is 6.54 Å². The number of phenols is 1. The predicted molar refractivity (Wildman–Crippen MR) is 153 cm³/mol. The maximum atomic E-state index is 14.3. The summed E-state index contributed by atoms with van der Waals surface area (Å²) in [5.74, 6) is -0.561. The summed E-state index contributed by atoms with van der Waals surface area (Å²) in [7, 11) is 0. The fourth-order valence-electron chi connectivity index (χ4n) is 4.37. The van der Waals surface area contributed by atoms with Crippen molar-refractivity contribution in [1.82, 2.24) is 15.5 Å². The molecule has 3 N–H and O–H groups in total. The maximum Gasteiger partial charge on any atom is 0.408 e. The van der Waals surface area contributed by atoms with Gasteiger partial charge in [0.2, 0.25) is 11.8 Å². The Morgan fingerprint density at radius 2 is 1.64 bits per heavy atom. The van der Waals surface area contributed by atoms with Gasteiger partial charge in [0.25, 0.3) is 0 Å². The summed E-state index contributed by atoms with van der Waals surface area (Å²) in [6.45, 7) is 13.5. The van der Waals surface area contributed by atoms with Crippen molar-refractivity contribution < 1.29 is 24.2 Å². The van der Waals surface area contributed by atoms with Crippen LogP contribution >= 0.6 is 0 Å². The van der Waals surface area contributed by atoms with Gasteiger partial charge < -0.3 is 25.4 Å². The highest BCUT2D eigenvalue weighted by atomic mass is 16.6. The summed E-state index contributed by atoms with van der Waals surface area (Å²) in [6, 6.07) is 11.8. The fourth-order valence-corrected chi connectivity index (χ4v) is 4.37. The third-order valence-electron chi connectivity index (χ3n) is 6.27. The van der Waals surface area contributed by atoms with Crippen LogP contribution in [0.3, 0.4) is 0 Å². The van der Waals surface area contributed by atoms with Crippen molar-refractivity contribution in [3.63, 3.8) is 0 Å². The second-order valence-corrected chi connectivity index (χ2v) is 11.2. The number of aromatic hydroxyl groups is 1. The van der Waals surface area contributed by atoms with E-state index >= 15 is 0 Å². The maximum absolute atomic E-state index is 14.3. The average molecular weight is 540 g/mol. The van der Waals surface area contributed by atoms with E-state index in [0.29, 0.717) is 6.54 Å². The number of aryl methyl sites for hydroxylation is 1. The van der Waals surface area contributed by atoms with Gasteiger partial charge in [-0.05, 0) is 76.8 Å². The number of hydrogen-bond donors (Lipinski definition) is 3. The van der Waals surface area contributed by atoms with Crippen LogP contribution in [0.4, 0.5) is 4.79 Å². The molecule has 0 spiro atoms.